The third-order valence-corrected chi connectivity index (χ3v) is 4.75. The standard InChI is InChI=1S/C15H15NO4S/c1-9(17)12-13(18)16-11(8-21-14(12)16)15(19)20-7-10-5-3-2-4-6-10/h2-6,8-9,12,14,17H,7H2,1H3/t9?,12-,14-/m0/s1. The predicted octanol–water partition coefficient (Wildman–Crippen LogP) is 1.48. The molecular formula is C15H15NO4S. The molecule has 110 valence electrons. The van der Waals surface area contributed by atoms with Crippen molar-refractivity contribution >= 4 is 23.6 Å². The van der Waals surface area contributed by atoms with Crippen LogP contribution >= 0.6 is 11.8 Å². The Morgan fingerprint density at radius 2 is 2.14 bits per heavy atom. The van der Waals surface area contributed by atoms with Gasteiger partial charge in [0.1, 0.15) is 17.7 Å². The van der Waals surface area contributed by atoms with Crippen LogP contribution in [0.5, 0.6) is 0 Å². The van der Waals surface area contributed by atoms with E-state index >= 15 is 0 Å². The van der Waals surface area contributed by atoms with Gasteiger partial charge in [0.2, 0.25) is 5.91 Å². The number of nitrogens with zero attached hydrogens (tertiary/aromatic N) is 1. The lowest BCUT2D eigenvalue weighted by Gasteiger charge is -2.43. The number of carbonyl (C=O) groups excluding carboxylic acids is 2. The summed E-state index contributed by atoms with van der Waals surface area (Å²) in [7, 11) is 0. The van der Waals surface area contributed by atoms with E-state index in [1.165, 1.54) is 16.7 Å². The van der Waals surface area contributed by atoms with Crippen molar-refractivity contribution in [3.8, 4) is 0 Å². The Morgan fingerprint density at radius 1 is 1.43 bits per heavy atom. The summed E-state index contributed by atoms with van der Waals surface area (Å²) in [6.45, 7) is 1.76. The number of hydrogen-bond donors (Lipinski definition) is 1. The minimum atomic E-state index is -0.709. The van der Waals surface area contributed by atoms with E-state index in [1.54, 1.807) is 12.3 Å². The summed E-state index contributed by atoms with van der Waals surface area (Å²) < 4.78 is 5.23. The normalized spacial score (nSPS) is 25.0. The zero-order valence-corrected chi connectivity index (χ0v) is 12.2. The molecule has 1 saturated heterocycles. The first-order valence-corrected chi connectivity index (χ1v) is 7.61. The molecule has 2 aliphatic heterocycles. The maximum Gasteiger partial charge on any atom is 0.355 e. The van der Waals surface area contributed by atoms with Gasteiger partial charge < -0.3 is 9.84 Å². The van der Waals surface area contributed by atoms with Gasteiger partial charge in [-0.1, -0.05) is 30.3 Å². The summed E-state index contributed by atoms with van der Waals surface area (Å²) in [6, 6.07) is 9.37. The zero-order valence-electron chi connectivity index (χ0n) is 11.4. The van der Waals surface area contributed by atoms with E-state index in [1.807, 2.05) is 30.3 Å². The Labute approximate surface area is 126 Å². The van der Waals surface area contributed by atoms with E-state index in [4.69, 9.17) is 4.74 Å². The number of carbonyl (C=O) groups is 2. The van der Waals surface area contributed by atoms with E-state index in [0.29, 0.717) is 0 Å². The van der Waals surface area contributed by atoms with Gasteiger partial charge in [0, 0.05) is 5.41 Å². The molecule has 1 amide bonds. The van der Waals surface area contributed by atoms with Crippen molar-refractivity contribution in [3.05, 3.63) is 47.0 Å². The number of esters is 1. The van der Waals surface area contributed by atoms with Gasteiger partial charge in [-0.2, -0.15) is 0 Å². The highest BCUT2D eigenvalue weighted by molar-refractivity contribution is 8.03. The number of hydrogen-bond acceptors (Lipinski definition) is 5. The van der Waals surface area contributed by atoms with E-state index in [0.717, 1.165) is 5.56 Å². The average Bonchev–Trinajstić information content (AvgIpc) is 2.84. The largest absolute Gasteiger partial charge is 0.456 e. The summed E-state index contributed by atoms with van der Waals surface area (Å²) in [4.78, 5) is 25.5. The molecule has 2 aliphatic rings. The molecule has 0 bridgehead atoms. The highest BCUT2D eigenvalue weighted by Crippen LogP contribution is 2.46. The summed E-state index contributed by atoms with van der Waals surface area (Å²) in [5.41, 5.74) is 1.16. The van der Waals surface area contributed by atoms with Crippen LogP contribution < -0.4 is 0 Å². The molecule has 6 heteroatoms. The second-order valence-electron chi connectivity index (χ2n) is 5.07. The first-order valence-electron chi connectivity index (χ1n) is 6.67. The summed E-state index contributed by atoms with van der Waals surface area (Å²) in [6.07, 6.45) is -0.709. The number of aliphatic hydroxyl groups excluding tert-OH is 1. The lowest BCUT2D eigenvalue weighted by atomic mass is 9.92. The molecule has 3 atom stereocenters. The molecular weight excluding hydrogens is 290 g/mol. The smallest absolute Gasteiger partial charge is 0.355 e. The molecule has 1 aromatic carbocycles. The second-order valence-corrected chi connectivity index (χ2v) is 6.06. The third-order valence-electron chi connectivity index (χ3n) is 3.60. The quantitative estimate of drug-likeness (QED) is 0.674. The number of ether oxygens (including phenoxy) is 1. The van der Waals surface area contributed by atoms with Crippen molar-refractivity contribution in [1.82, 2.24) is 4.90 Å². The van der Waals surface area contributed by atoms with E-state index in [9.17, 15) is 14.7 Å². The molecule has 1 unspecified atom stereocenters. The van der Waals surface area contributed by atoms with Gasteiger partial charge >= 0.3 is 5.97 Å². The monoisotopic (exact) mass is 305 g/mol. The Balaban J connectivity index is 1.61. The molecule has 3 rings (SSSR count). The fraction of sp³-hybridized carbons (Fsp3) is 0.333. The zero-order chi connectivity index (χ0) is 15.0. The maximum absolute atomic E-state index is 12.1. The molecule has 1 N–H and O–H groups in total. The molecule has 0 saturated carbocycles. The molecule has 0 radical (unpaired) electrons. The van der Waals surface area contributed by atoms with Crippen LogP contribution in [0.2, 0.25) is 0 Å². The topological polar surface area (TPSA) is 66.8 Å². The van der Waals surface area contributed by atoms with Crippen molar-refractivity contribution in [2.75, 3.05) is 0 Å². The minimum absolute atomic E-state index is 0.175. The number of thioether (sulfide) groups is 1. The van der Waals surface area contributed by atoms with Crippen LogP contribution in [0.15, 0.2) is 41.4 Å². The van der Waals surface area contributed by atoms with Crippen molar-refractivity contribution in [1.29, 1.82) is 0 Å². The van der Waals surface area contributed by atoms with E-state index in [2.05, 4.69) is 0 Å². The Hall–Kier alpha value is -1.79. The van der Waals surface area contributed by atoms with Gasteiger partial charge in [-0.15, -0.1) is 11.8 Å². The fourth-order valence-corrected chi connectivity index (χ4v) is 3.80. The lowest BCUT2D eigenvalue weighted by molar-refractivity contribution is -0.158. The van der Waals surface area contributed by atoms with Gasteiger partial charge in [-0.3, -0.25) is 9.69 Å². The second kappa shape index (κ2) is 5.54. The first kappa shape index (κ1) is 14.2. The molecule has 1 aromatic rings. The number of β-lactam (4-membered cyclic amide) rings is 1. The van der Waals surface area contributed by atoms with Crippen molar-refractivity contribution < 1.29 is 19.4 Å². The highest BCUT2D eigenvalue weighted by Gasteiger charge is 2.55. The first-order chi connectivity index (χ1) is 10.1. The number of fused-ring (bicyclic) bond motifs is 1. The Bertz CT molecular complexity index is 599. The van der Waals surface area contributed by atoms with Crippen LogP contribution in [0.1, 0.15) is 12.5 Å². The van der Waals surface area contributed by atoms with Crippen LogP contribution in [-0.4, -0.2) is 33.4 Å². The van der Waals surface area contributed by atoms with Crippen molar-refractivity contribution in [3.63, 3.8) is 0 Å². The molecule has 21 heavy (non-hydrogen) atoms. The summed E-state index contributed by atoms with van der Waals surface area (Å²) >= 11 is 1.37. The maximum atomic E-state index is 12.1. The molecule has 2 heterocycles. The van der Waals surface area contributed by atoms with Crippen LogP contribution in [0.3, 0.4) is 0 Å². The number of amides is 1. The number of benzene rings is 1. The van der Waals surface area contributed by atoms with Gasteiger partial charge in [-0.25, -0.2) is 4.79 Å². The number of rotatable bonds is 4. The van der Waals surface area contributed by atoms with Crippen molar-refractivity contribution in [2.24, 2.45) is 5.92 Å². The van der Waals surface area contributed by atoms with E-state index < -0.39 is 18.0 Å². The van der Waals surface area contributed by atoms with Gasteiger partial charge in [0.05, 0.1) is 12.0 Å². The molecule has 0 aromatic heterocycles. The minimum Gasteiger partial charge on any atom is -0.456 e. The van der Waals surface area contributed by atoms with E-state index in [-0.39, 0.29) is 23.6 Å². The average molecular weight is 305 g/mol. The van der Waals surface area contributed by atoms with Crippen molar-refractivity contribution in [2.45, 2.75) is 25.0 Å². The molecule has 5 nitrogen and oxygen atoms in total. The van der Waals surface area contributed by atoms with Crippen LogP contribution in [0.4, 0.5) is 0 Å². The molecule has 0 aliphatic carbocycles. The SMILES string of the molecule is CC(O)[C@H]1C(=O)N2C(C(=O)OCc3ccccc3)=CS[C@@H]12. The van der Waals surface area contributed by atoms with Crippen LogP contribution in [-0.2, 0) is 20.9 Å². The summed E-state index contributed by atoms with van der Waals surface area (Å²) in [5.74, 6) is -1.17. The highest BCUT2D eigenvalue weighted by atomic mass is 32.2. The van der Waals surface area contributed by atoms with Gasteiger partial charge in [0.25, 0.3) is 0 Å². The summed E-state index contributed by atoms with van der Waals surface area (Å²) in [5, 5.41) is 11.0. The van der Waals surface area contributed by atoms with Crippen LogP contribution in [0.25, 0.3) is 0 Å². The fourth-order valence-electron chi connectivity index (χ4n) is 2.47. The number of aliphatic hydroxyl groups is 1. The van der Waals surface area contributed by atoms with Crippen LogP contribution in [0, 0.1) is 5.92 Å². The Morgan fingerprint density at radius 3 is 2.81 bits per heavy atom. The Kier molecular flexibility index (Phi) is 3.73. The van der Waals surface area contributed by atoms with Gasteiger partial charge in [0.15, 0.2) is 0 Å². The van der Waals surface area contributed by atoms with Gasteiger partial charge in [-0.05, 0) is 12.5 Å². The molecule has 0 spiro atoms. The lowest BCUT2D eigenvalue weighted by Crippen LogP contribution is -2.60. The third kappa shape index (κ3) is 2.45. The molecule has 1 fully saturated rings. The predicted molar refractivity (Wildman–Crippen MR) is 77.7 cm³/mol.